The van der Waals surface area contributed by atoms with Crippen molar-refractivity contribution in [2.75, 3.05) is 34.7 Å². The maximum Gasteiger partial charge on any atom is 0.235 e. The molecule has 0 aliphatic carbocycles. The first-order valence-electron chi connectivity index (χ1n) is 9.45. The summed E-state index contributed by atoms with van der Waals surface area (Å²) in [6.07, 6.45) is 0.462. The number of amides is 1. The van der Waals surface area contributed by atoms with E-state index < -0.39 is 11.5 Å². The molecule has 4 nitrogen and oxygen atoms in total. The summed E-state index contributed by atoms with van der Waals surface area (Å²) in [6, 6.07) is 17.5. The minimum Gasteiger partial charge on any atom is -0.387 e. The summed E-state index contributed by atoms with van der Waals surface area (Å²) in [5.41, 5.74) is 1.73. The molecular weight excluding hydrogens is 336 g/mol. The van der Waals surface area contributed by atoms with Gasteiger partial charge in [-0.05, 0) is 51.5 Å². The van der Waals surface area contributed by atoms with Crippen molar-refractivity contribution in [2.24, 2.45) is 0 Å². The lowest BCUT2D eigenvalue weighted by Gasteiger charge is -2.39. The Morgan fingerprint density at radius 3 is 2.11 bits per heavy atom. The number of carbonyl (C=O) groups is 1. The van der Waals surface area contributed by atoms with Gasteiger partial charge in [-0.3, -0.25) is 4.79 Å². The lowest BCUT2D eigenvalue weighted by Crippen LogP contribution is -2.48. The monoisotopic (exact) mass is 368 g/mol. The highest BCUT2D eigenvalue weighted by Crippen LogP contribution is 2.43. The van der Waals surface area contributed by atoms with Crippen LogP contribution in [0, 0.1) is 6.92 Å². The number of hydrogen-bond acceptors (Lipinski definition) is 3. The van der Waals surface area contributed by atoms with Gasteiger partial charge in [-0.25, -0.2) is 0 Å². The molecule has 0 saturated carbocycles. The number of aliphatic hydroxyl groups is 1. The zero-order valence-electron chi connectivity index (χ0n) is 17.1. The smallest absolute Gasteiger partial charge is 0.235 e. The fraction of sp³-hybridized carbons (Fsp3) is 0.435. The van der Waals surface area contributed by atoms with E-state index in [0.717, 1.165) is 29.7 Å². The van der Waals surface area contributed by atoms with Gasteiger partial charge in [0.25, 0.3) is 0 Å². The van der Waals surface area contributed by atoms with Crippen molar-refractivity contribution < 1.29 is 9.90 Å². The third kappa shape index (κ3) is 4.76. The van der Waals surface area contributed by atoms with Gasteiger partial charge in [0.15, 0.2) is 0 Å². The maximum absolute atomic E-state index is 13.5. The number of aryl methyl sites for hydroxylation is 1. The van der Waals surface area contributed by atoms with Gasteiger partial charge in [0.1, 0.15) is 5.41 Å². The average molecular weight is 369 g/mol. The van der Waals surface area contributed by atoms with Gasteiger partial charge in [-0.1, -0.05) is 60.2 Å². The van der Waals surface area contributed by atoms with Crippen LogP contribution in [-0.2, 0) is 10.2 Å². The Kier molecular flexibility index (Phi) is 7.17. The van der Waals surface area contributed by atoms with E-state index in [0.29, 0.717) is 6.42 Å². The first-order valence-corrected chi connectivity index (χ1v) is 9.45. The first-order chi connectivity index (χ1) is 12.8. The van der Waals surface area contributed by atoms with Gasteiger partial charge in [-0.2, -0.15) is 0 Å². The zero-order valence-corrected chi connectivity index (χ0v) is 17.1. The minimum atomic E-state index is -1.02. The van der Waals surface area contributed by atoms with Gasteiger partial charge >= 0.3 is 0 Å². The summed E-state index contributed by atoms with van der Waals surface area (Å²) >= 11 is 0. The van der Waals surface area contributed by atoms with E-state index in [-0.39, 0.29) is 5.91 Å². The quantitative estimate of drug-likeness (QED) is 0.777. The predicted octanol–water partition coefficient (Wildman–Crippen LogP) is 3.40. The van der Waals surface area contributed by atoms with Crippen LogP contribution >= 0.6 is 0 Å². The van der Waals surface area contributed by atoms with Crippen molar-refractivity contribution in [1.29, 1.82) is 0 Å². The molecule has 0 spiro atoms. The molecule has 27 heavy (non-hydrogen) atoms. The van der Waals surface area contributed by atoms with Gasteiger partial charge < -0.3 is 14.9 Å². The standard InChI is InChI=1S/C23H32N2O2/c1-18-12-14-19(15-13-18)21(26)23(22(27)25(4)5,16-9-17-24(2)3)20-10-7-6-8-11-20/h6-8,10-15,21,26H,9,16-17H2,1-5H3. The summed E-state index contributed by atoms with van der Waals surface area (Å²) in [5.74, 6) is -0.0690. The van der Waals surface area contributed by atoms with Crippen LogP contribution < -0.4 is 0 Å². The molecule has 146 valence electrons. The molecule has 1 N–H and O–H groups in total. The molecule has 0 heterocycles. The molecule has 0 bridgehead atoms. The van der Waals surface area contributed by atoms with Crippen LogP contribution in [0.15, 0.2) is 54.6 Å². The Morgan fingerprint density at radius 1 is 1.00 bits per heavy atom. The van der Waals surface area contributed by atoms with Crippen LogP contribution in [0.3, 0.4) is 0 Å². The van der Waals surface area contributed by atoms with Gasteiger partial charge in [-0.15, -0.1) is 0 Å². The van der Waals surface area contributed by atoms with E-state index in [4.69, 9.17) is 0 Å². The lowest BCUT2D eigenvalue weighted by atomic mass is 9.69. The Balaban J connectivity index is 2.58. The summed E-state index contributed by atoms with van der Waals surface area (Å²) < 4.78 is 0. The van der Waals surface area contributed by atoms with Crippen molar-refractivity contribution in [2.45, 2.75) is 31.3 Å². The van der Waals surface area contributed by atoms with E-state index in [1.165, 1.54) is 0 Å². The number of carbonyl (C=O) groups excluding carboxylic acids is 1. The third-order valence-corrected chi connectivity index (χ3v) is 5.11. The molecule has 4 heteroatoms. The normalized spacial score (nSPS) is 14.6. The Bertz CT molecular complexity index is 726. The largest absolute Gasteiger partial charge is 0.387 e. The first kappa shape index (κ1) is 21.1. The SMILES string of the molecule is Cc1ccc(C(O)C(CCCN(C)C)(C(=O)N(C)C)c2ccccc2)cc1. The van der Waals surface area contributed by atoms with Gasteiger partial charge in [0.2, 0.25) is 5.91 Å². The fourth-order valence-electron chi connectivity index (χ4n) is 3.63. The second-order valence-electron chi connectivity index (χ2n) is 7.76. The second-order valence-corrected chi connectivity index (χ2v) is 7.76. The van der Waals surface area contributed by atoms with Crippen LogP contribution in [0.25, 0.3) is 0 Å². The van der Waals surface area contributed by atoms with Crippen molar-refractivity contribution in [3.05, 3.63) is 71.3 Å². The Hall–Kier alpha value is -2.17. The van der Waals surface area contributed by atoms with Crippen LogP contribution in [-0.4, -0.2) is 55.5 Å². The summed E-state index contributed by atoms with van der Waals surface area (Å²) in [7, 11) is 7.56. The molecule has 1 amide bonds. The molecule has 2 unspecified atom stereocenters. The number of rotatable bonds is 8. The highest BCUT2D eigenvalue weighted by Gasteiger charge is 2.47. The topological polar surface area (TPSA) is 43.8 Å². The molecule has 0 aliphatic heterocycles. The average Bonchev–Trinajstić information content (AvgIpc) is 2.65. The molecule has 0 radical (unpaired) electrons. The van der Waals surface area contributed by atoms with E-state index >= 15 is 0 Å². The molecule has 0 fully saturated rings. The van der Waals surface area contributed by atoms with Crippen molar-refractivity contribution in [1.82, 2.24) is 9.80 Å². The van der Waals surface area contributed by atoms with Crippen LogP contribution in [0.5, 0.6) is 0 Å². The molecule has 2 aromatic rings. The highest BCUT2D eigenvalue weighted by molar-refractivity contribution is 5.89. The number of aliphatic hydroxyl groups excluding tert-OH is 1. The van der Waals surface area contributed by atoms with Crippen molar-refractivity contribution in [3.8, 4) is 0 Å². The second kappa shape index (κ2) is 9.16. The zero-order chi connectivity index (χ0) is 20.0. The molecular formula is C23H32N2O2. The Labute approximate surface area is 163 Å². The number of hydrogen-bond donors (Lipinski definition) is 1. The summed E-state index contributed by atoms with van der Waals surface area (Å²) in [6.45, 7) is 2.87. The molecule has 0 aromatic heterocycles. The van der Waals surface area contributed by atoms with Gasteiger partial charge in [0, 0.05) is 14.1 Å². The Morgan fingerprint density at radius 2 is 1.59 bits per heavy atom. The van der Waals surface area contributed by atoms with Crippen LogP contribution in [0.1, 0.15) is 35.6 Å². The number of nitrogens with zero attached hydrogens (tertiary/aromatic N) is 2. The van der Waals surface area contributed by atoms with Crippen LogP contribution in [0.4, 0.5) is 0 Å². The number of likely N-dealkylation sites (N-methyl/N-ethyl adjacent to an activating group) is 1. The molecule has 0 saturated heterocycles. The van der Waals surface area contributed by atoms with E-state index in [1.807, 2.05) is 75.6 Å². The van der Waals surface area contributed by atoms with Crippen molar-refractivity contribution >= 4 is 5.91 Å². The lowest BCUT2D eigenvalue weighted by molar-refractivity contribution is -0.140. The van der Waals surface area contributed by atoms with Crippen molar-refractivity contribution in [3.63, 3.8) is 0 Å². The van der Waals surface area contributed by atoms with E-state index in [9.17, 15) is 9.90 Å². The van der Waals surface area contributed by atoms with E-state index in [1.54, 1.807) is 19.0 Å². The summed E-state index contributed by atoms with van der Waals surface area (Å²) in [4.78, 5) is 17.2. The third-order valence-electron chi connectivity index (χ3n) is 5.11. The maximum atomic E-state index is 13.5. The molecule has 0 aliphatic rings. The summed E-state index contributed by atoms with van der Waals surface area (Å²) in [5, 5.41) is 11.5. The fourth-order valence-corrected chi connectivity index (χ4v) is 3.63. The predicted molar refractivity (Wildman–Crippen MR) is 111 cm³/mol. The highest BCUT2D eigenvalue weighted by atomic mass is 16.3. The molecule has 2 rings (SSSR count). The van der Waals surface area contributed by atoms with Crippen LogP contribution in [0.2, 0.25) is 0 Å². The minimum absolute atomic E-state index is 0.0690. The molecule has 2 atom stereocenters. The van der Waals surface area contributed by atoms with Gasteiger partial charge in [0.05, 0.1) is 6.10 Å². The molecule has 2 aromatic carbocycles. The number of benzene rings is 2. The van der Waals surface area contributed by atoms with E-state index in [2.05, 4.69) is 4.90 Å².